The Kier molecular flexibility index (Phi) is 33.0. The van der Waals surface area contributed by atoms with Crippen LogP contribution in [0.25, 0.3) is 0 Å². The molecule has 0 rings (SSSR count). The van der Waals surface area contributed by atoms with Gasteiger partial charge in [0.2, 0.25) is 0 Å². The molecule has 0 aromatic heterocycles. The summed E-state index contributed by atoms with van der Waals surface area (Å²) < 4.78 is 0. The number of carboxylic acids is 2. The summed E-state index contributed by atoms with van der Waals surface area (Å²) in [7, 11) is 0. The van der Waals surface area contributed by atoms with E-state index in [2.05, 4.69) is 13.8 Å². The molecule has 0 heterocycles. The molecule has 0 bridgehead atoms. The average Bonchev–Trinajstić information content (AvgIpc) is 2.65. The van der Waals surface area contributed by atoms with E-state index < -0.39 is 11.9 Å². The molecular weight excluding hydrogens is 418 g/mol. The van der Waals surface area contributed by atoms with E-state index in [-0.39, 0.29) is 19.5 Å². The third-order valence-corrected chi connectivity index (χ3v) is 4.46. The number of aliphatic carboxylic acids is 2. The minimum absolute atomic E-state index is 0. The van der Waals surface area contributed by atoms with E-state index in [1.54, 1.807) is 12.2 Å². The number of allylic oxidation sites excluding steroid dienone is 2. The van der Waals surface area contributed by atoms with E-state index in [9.17, 15) is 19.8 Å². The Hall–Kier alpha value is -0.957. The molecule has 0 amide bonds. The van der Waals surface area contributed by atoms with Crippen LogP contribution in [0.15, 0.2) is 24.3 Å². The molecule has 0 saturated heterocycles. The fourth-order valence-corrected chi connectivity index (χ4v) is 2.80. The number of hydrogen-bond donors (Lipinski definition) is 0. The minimum Gasteiger partial charge on any atom is -0.545 e. The van der Waals surface area contributed by atoms with Gasteiger partial charge in [-0.05, 0) is 37.8 Å². The van der Waals surface area contributed by atoms with Crippen molar-refractivity contribution in [1.29, 1.82) is 0 Å². The van der Waals surface area contributed by atoms with Crippen molar-refractivity contribution in [2.45, 2.75) is 117 Å². The molecule has 0 aromatic carbocycles. The second-order valence-corrected chi connectivity index (χ2v) is 7.26. The first-order valence-corrected chi connectivity index (χ1v) is 11.3. The predicted molar refractivity (Wildman–Crippen MR) is 114 cm³/mol. The summed E-state index contributed by atoms with van der Waals surface area (Å²) in [5, 5.41) is 20.0. The van der Waals surface area contributed by atoms with Crippen molar-refractivity contribution in [1.82, 2.24) is 0 Å². The summed E-state index contributed by atoms with van der Waals surface area (Å²) in [5.74, 6) is -2.18. The molecule has 0 fully saturated rings. The van der Waals surface area contributed by atoms with E-state index in [1.807, 2.05) is 0 Å². The van der Waals surface area contributed by atoms with Crippen LogP contribution in [0.2, 0.25) is 0 Å². The molecule has 0 atom stereocenters. The van der Waals surface area contributed by atoms with Crippen molar-refractivity contribution in [2.75, 3.05) is 0 Å². The number of unbranched alkanes of at least 4 members (excludes halogenated alkanes) is 14. The standard InChI is InChI=1S/2C12H22O2.Zn/c2*1-2-3-4-5-6-7-8-9-10-11-12(13)14;/h2*10-11H,2-9H2,1H3,(H,13,14);/q;;+2/p-2. The largest absolute Gasteiger partial charge is 2.00 e. The monoisotopic (exact) mass is 458 g/mol. The first kappa shape index (κ1) is 32.7. The minimum atomic E-state index is -1.09. The summed E-state index contributed by atoms with van der Waals surface area (Å²) in [6, 6.07) is 0. The third-order valence-electron chi connectivity index (χ3n) is 4.46. The predicted octanol–water partition coefficient (Wildman–Crippen LogP) is 4.86. The average molecular weight is 460 g/mol. The Morgan fingerprint density at radius 1 is 0.552 bits per heavy atom. The maximum absolute atomic E-state index is 10.0. The molecule has 0 aliphatic heterocycles. The molecule has 0 aliphatic rings. The molecule has 0 radical (unpaired) electrons. The quantitative estimate of drug-likeness (QED) is 0.166. The van der Waals surface area contributed by atoms with Gasteiger partial charge in [0.25, 0.3) is 0 Å². The number of hydrogen-bond acceptors (Lipinski definition) is 4. The van der Waals surface area contributed by atoms with Crippen molar-refractivity contribution in [3.8, 4) is 0 Å². The molecule has 0 spiro atoms. The zero-order chi connectivity index (χ0) is 21.3. The van der Waals surface area contributed by atoms with Crippen molar-refractivity contribution in [3.05, 3.63) is 24.3 Å². The van der Waals surface area contributed by atoms with Crippen molar-refractivity contribution in [2.24, 2.45) is 0 Å². The van der Waals surface area contributed by atoms with Gasteiger partial charge >= 0.3 is 19.5 Å². The fourth-order valence-electron chi connectivity index (χ4n) is 2.80. The van der Waals surface area contributed by atoms with Gasteiger partial charge < -0.3 is 19.8 Å². The number of carboxylic acid groups (broad SMARTS) is 2. The van der Waals surface area contributed by atoms with Gasteiger partial charge in [0, 0.05) is 0 Å². The summed E-state index contributed by atoms with van der Waals surface area (Å²) >= 11 is 0. The zero-order valence-corrected chi connectivity index (χ0v) is 21.9. The summed E-state index contributed by atoms with van der Waals surface area (Å²) in [5.41, 5.74) is 0. The Labute approximate surface area is 192 Å². The van der Waals surface area contributed by atoms with E-state index in [0.717, 1.165) is 37.8 Å². The van der Waals surface area contributed by atoms with E-state index in [0.29, 0.717) is 0 Å². The van der Waals surface area contributed by atoms with Crippen LogP contribution in [0.3, 0.4) is 0 Å². The Balaban J connectivity index is -0.000000451. The van der Waals surface area contributed by atoms with Gasteiger partial charge in [-0.2, -0.15) is 0 Å². The molecule has 0 N–H and O–H groups in total. The number of rotatable bonds is 18. The topological polar surface area (TPSA) is 80.3 Å². The van der Waals surface area contributed by atoms with Gasteiger partial charge in [0.05, 0.1) is 11.9 Å². The van der Waals surface area contributed by atoms with Crippen LogP contribution in [0, 0.1) is 0 Å². The van der Waals surface area contributed by atoms with Crippen LogP contribution in [0.1, 0.15) is 117 Å². The maximum atomic E-state index is 10.0. The van der Waals surface area contributed by atoms with E-state index >= 15 is 0 Å². The van der Waals surface area contributed by atoms with Gasteiger partial charge in [0.1, 0.15) is 0 Å². The van der Waals surface area contributed by atoms with E-state index in [1.165, 1.54) is 77.0 Å². The number of carbonyl (C=O) groups excluding carboxylic acids is 2. The Bertz CT molecular complexity index is 368. The van der Waals surface area contributed by atoms with Gasteiger partial charge in [0.15, 0.2) is 0 Å². The molecule has 0 unspecified atom stereocenters. The molecule has 29 heavy (non-hydrogen) atoms. The van der Waals surface area contributed by atoms with Crippen molar-refractivity contribution >= 4 is 11.9 Å². The summed E-state index contributed by atoms with van der Waals surface area (Å²) in [4.78, 5) is 20.0. The Morgan fingerprint density at radius 2 is 0.828 bits per heavy atom. The van der Waals surface area contributed by atoms with Crippen LogP contribution >= 0.6 is 0 Å². The van der Waals surface area contributed by atoms with Gasteiger partial charge in [-0.3, -0.25) is 0 Å². The van der Waals surface area contributed by atoms with Crippen LogP contribution in [0.5, 0.6) is 0 Å². The second kappa shape index (κ2) is 29.2. The molecule has 164 valence electrons. The third kappa shape index (κ3) is 38.3. The molecule has 0 aliphatic carbocycles. The van der Waals surface area contributed by atoms with Crippen LogP contribution in [0.4, 0.5) is 0 Å². The first-order chi connectivity index (χ1) is 13.5. The van der Waals surface area contributed by atoms with Gasteiger partial charge in [-0.25, -0.2) is 0 Å². The van der Waals surface area contributed by atoms with Crippen LogP contribution < -0.4 is 10.2 Å². The van der Waals surface area contributed by atoms with Crippen molar-refractivity contribution < 1.29 is 39.3 Å². The van der Waals surface area contributed by atoms with Gasteiger partial charge in [-0.1, -0.05) is 103 Å². The molecule has 0 aromatic rings. The maximum Gasteiger partial charge on any atom is 2.00 e. The fraction of sp³-hybridized carbons (Fsp3) is 0.750. The van der Waals surface area contributed by atoms with Gasteiger partial charge in [-0.15, -0.1) is 0 Å². The summed E-state index contributed by atoms with van der Waals surface area (Å²) in [6.07, 6.45) is 25.1. The molecule has 0 saturated carbocycles. The molecule has 4 nitrogen and oxygen atoms in total. The van der Waals surface area contributed by atoms with Crippen LogP contribution in [-0.2, 0) is 29.1 Å². The zero-order valence-electron chi connectivity index (χ0n) is 19.0. The van der Waals surface area contributed by atoms with Crippen LogP contribution in [-0.4, -0.2) is 11.9 Å². The first-order valence-electron chi connectivity index (χ1n) is 11.3. The normalized spacial score (nSPS) is 10.6. The molecule has 5 heteroatoms. The number of carbonyl (C=O) groups is 2. The Morgan fingerprint density at radius 3 is 1.10 bits per heavy atom. The SMILES string of the molecule is CCCCCCCCCC=CC(=O)[O-].CCCCCCCCCC=CC(=O)[O-].[Zn+2]. The molecular formula is C24H42O4Zn. The summed E-state index contributed by atoms with van der Waals surface area (Å²) in [6.45, 7) is 4.43. The van der Waals surface area contributed by atoms with Crippen molar-refractivity contribution in [3.63, 3.8) is 0 Å². The van der Waals surface area contributed by atoms with E-state index in [4.69, 9.17) is 0 Å². The second-order valence-electron chi connectivity index (χ2n) is 7.26. The smallest absolute Gasteiger partial charge is 0.545 e.